The third-order valence-electron chi connectivity index (χ3n) is 2.24. The van der Waals surface area contributed by atoms with Crippen molar-refractivity contribution in [2.24, 2.45) is 5.73 Å². The van der Waals surface area contributed by atoms with Crippen molar-refractivity contribution in [1.82, 2.24) is 5.16 Å². The van der Waals surface area contributed by atoms with Gasteiger partial charge in [0.15, 0.2) is 0 Å². The highest BCUT2D eigenvalue weighted by atomic mass is 16.5. The minimum Gasteiger partial charge on any atom is -0.481 e. The minimum atomic E-state index is -0.875. The summed E-state index contributed by atoms with van der Waals surface area (Å²) in [7, 11) is 0. The summed E-state index contributed by atoms with van der Waals surface area (Å²) in [6.07, 6.45) is -0.0133. The summed E-state index contributed by atoms with van der Waals surface area (Å²) in [5.41, 5.74) is 6.12. The third-order valence-corrected chi connectivity index (χ3v) is 2.24. The Kier molecular flexibility index (Phi) is 3.85. The first kappa shape index (κ1) is 11.7. The molecule has 84 valence electrons. The smallest absolute Gasteiger partial charge is 0.304 e. The highest BCUT2D eigenvalue weighted by Crippen LogP contribution is 2.22. The number of hydrogen-bond acceptors (Lipinski definition) is 4. The van der Waals surface area contributed by atoms with Crippen LogP contribution < -0.4 is 5.73 Å². The van der Waals surface area contributed by atoms with Crippen LogP contribution in [0.25, 0.3) is 0 Å². The molecule has 1 rings (SSSR count). The third kappa shape index (κ3) is 3.06. The molecule has 15 heavy (non-hydrogen) atoms. The first-order valence-corrected chi connectivity index (χ1v) is 4.93. The first-order valence-electron chi connectivity index (χ1n) is 4.93. The van der Waals surface area contributed by atoms with E-state index in [0.717, 1.165) is 5.76 Å². The lowest BCUT2D eigenvalue weighted by Gasteiger charge is -2.06. The summed E-state index contributed by atoms with van der Waals surface area (Å²) < 4.78 is 5.09. The molecule has 1 heterocycles. The van der Waals surface area contributed by atoms with E-state index in [0.29, 0.717) is 5.69 Å². The summed E-state index contributed by atoms with van der Waals surface area (Å²) in [6.45, 7) is 4.23. The fourth-order valence-electron chi connectivity index (χ4n) is 1.29. The van der Waals surface area contributed by atoms with Crippen LogP contribution in [0.2, 0.25) is 0 Å². The Morgan fingerprint density at radius 2 is 2.33 bits per heavy atom. The lowest BCUT2D eigenvalue weighted by atomic mass is 10.0. The van der Waals surface area contributed by atoms with Crippen molar-refractivity contribution in [3.63, 3.8) is 0 Å². The summed E-state index contributed by atoms with van der Waals surface area (Å²) in [6, 6.07) is 1.78. The summed E-state index contributed by atoms with van der Waals surface area (Å²) >= 11 is 0. The lowest BCUT2D eigenvalue weighted by molar-refractivity contribution is -0.137. The normalized spacial score (nSPS) is 13.1. The second-order valence-corrected chi connectivity index (χ2v) is 3.84. The molecule has 0 saturated carbocycles. The van der Waals surface area contributed by atoms with Crippen LogP contribution in [0.1, 0.15) is 43.6 Å². The van der Waals surface area contributed by atoms with E-state index in [9.17, 15) is 4.79 Å². The standard InChI is InChI=1S/C10H16N2O3/c1-6(2)9-4-8(12-15-9)7(5-11)3-10(13)14/h4,6-7H,3,5,11H2,1-2H3,(H,13,14). The molecule has 0 radical (unpaired) electrons. The zero-order valence-electron chi connectivity index (χ0n) is 8.93. The van der Waals surface area contributed by atoms with Crippen LogP contribution in [0, 0.1) is 0 Å². The van der Waals surface area contributed by atoms with E-state index in [1.165, 1.54) is 0 Å². The monoisotopic (exact) mass is 212 g/mol. The molecule has 1 aromatic rings. The second-order valence-electron chi connectivity index (χ2n) is 3.84. The number of rotatable bonds is 5. The van der Waals surface area contributed by atoms with Crippen molar-refractivity contribution >= 4 is 5.97 Å². The predicted molar refractivity (Wildman–Crippen MR) is 54.6 cm³/mol. The molecule has 0 amide bonds. The average molecular weight is 212 g/mol. The van der Waals surface area contributed by atoms with Gasteiger partial charge < -0.3 is 15.4 Å². The van der Waals surface area contributed by atoms with Gasteiger partial charge in [-0.05, 0) is 0 Å². The molecule has 0 bridgehead atoms. The molecule has 5 heteroatoms. The summed E-state index contributed by atoms with van der Waals surface area (Å²) in [5, 5.41) is 12.5. The zero-order chi connectivity index (χ0) is 11.4. The zero-order valence-corrected chi connectivity index (χ0v) is 8.93. The number of nitrogens with zero attached hydrogens (tertiary/aromatic N) is 1. The van der Waals surface area contributed by atoms with E-state index in [1.54, 1.807) is 6.07 Å². The van der Waals surface area contributed by atoms with Crippen molar-refractivity contribution in [1.29, 1.82) is 0 Å². The van der Waals surface area contributed by atoms with E-state index in [1.807, 2.05) is 13.8 Å². The van der Waals surface area contributed by atoms with Gasteiger partial charge in [0, 0.05) is 24.4 Å². The number of carboxylic acids is 1. The van der Waals surface area contributed by atoms with Crippen molar-refractivity contribution in [3.05, 3.63) is 17.5 Å². The Morgan fingerprint density at radius 1 is 1.67 bits per heavy atom. The van der Waals surface area contributed by atoms with E-state index in [4.69, 9.17) is 15.4 Å². The Balaban J connectivity index is 2.78. The molecule has 0 aliphatic rings. The van der Waals surface area contributed by atoms with Crippen LogP contribution in [-0.4, -0.2) is 22.8 Å². The molecular formula is C10H16N2O3. The van der Waals surface area contributed by atoms with Gasteiger partial charge in [0.05, 0.1) is 12.1 Å². The molecule has 1 atom stereocenters. The number of hydrogen-bond donors (Lipinski definition) is 2. The van der Waals surface area contributed by atoms with E-state index in [-0.39, 0.29) is 24.8 Å². The maximum atomic E-state index is 10.6. The van der Waals surface area contributed by atoms with Crippen LogP contribution in [0.4, 0.5) is 0 Å². The van der Waals surface area contributed by atoms with Gasteiger partial charge in [0.2, 0.25) is 0 Å². The average Bonchev–Trinajstić information content (AvgIpc) is 2.62. The summed E-state index contributed by atoms with van der Waals surface area (Å²) in [4.78, 5) is 10.6. The van der Waals surface area contributed by atoms with Crippen molar-refractivity contribution in [3.8, 4) is 0 Å². The number of aromatic nitrogens is 1. The van der Waals surface area contributed by atoms with E-state index < -0.39 is 5.97 Å². The van der Waals surface area contributed by atoms with E-state index in [2.05, 4.69) is 5.16 Å². The predicted octanol–water partition coefficient (Wildman–Crippen LogP) is 1.32. The SMILES string of the molecule is CC(C)c1cc(C(CN)CC(=O)O)no1. The summed E-state index contributed by atoms with van der Waals surface area (Å²) in [5.74, 6) is -0.137. The Morgan fingerprint density at radius 3 is 2.73 bits per heavy atom. The fraction of sp³-hybridized carbons (Fsp3) is 0.600. The van der Waals surface area contributed by atoms with Crippen LogP contribution in [0.3, 0.4) is 0 Å². The number of aliphatic carboxylic acids is 1. The minimum absolute atomic E-state index is 0.0133. The molecule has 1 aromatic heterocycles. The highest BCUT2D eigenvalue weighted by molar-refractivity contribution is 5.67. The maximum Gasteiger partial charge on any atom is 0.304 e. The second kappa shape index (κ2) is 4.93. The van der Waals surface area contributed by atoms with Crippen molar-refractivity contribution in [2.75, 3.05) is 6.54 Å². The highest BCUT2D eigenvalue weighted by Gasteiger charge is 2.19. The number of carboxylic acid groups (broad SMARTS) is 1. The first-order chi connectivity index (χ1) is 7.04. The Bertz CT molecular complexity index is 333. The molecule has 0 saturated heterocycles. The van der Waals surface area contributed by atoms with Crippen LogP contribution >= 0.6 is 0 Å². The van der Waals surface area contributed by atoms with Crippen LogP contribution in [-0.2, 0) is 4.79 Å². The van der Waals surface area contributed by atoms with Gasteiger partial charge in [0.25, 0.3) is 0 Å². The molecule has 0 aliphatic carbocycles. The van der Waals surface area contributed by atoms with Crippen LogP contribution in [0.5, 0.6) is 0 Å². The number of nitrogens with two attached hydrogens (primary N) is 1. The molecule has 1 unspecified atom stereocenters. The molecule has 0 aliphatic heterocycles. The Labute approximate surface area is 88.2 Å². The molecule has 0 aromatic carbocycles. The van der Waals surface area contributed by atoms with Gasteiger partial charge in [-0.1, -0.05) is 19.0 Å². The molecule has 5 nitrogen and oxygen atoms in total. The largest absolute Gasteiger partial charge is 0.481 e. The van der Waals surface area contributed by atoms with Crippen LogP contribution in [0.15, 0.2) is 10.6 Å². The Hall–Kier alpha value is -1.36. The van der Waals surface area contributed by atoms with Gasteiger partial charge in [-0.25, -0.2) is 0 Å². The van der Waals surface area contributed by atoms with Crippen molar-refractivity contribution in [2.45, 2.75) is 32.1 Å². The molecule has 0 spiro atoms. The van der Waals surface area contributed by atoms with Gasteiger partial charge in [-0.2, -0.15) is 0 Å². The fourth-order valence-corrected chi connectivity index (χ4v) is 1.29. The molecule has 0 fully saturated rings. The van der Waals surface area contributed by atoms with Crippen molar-refractivity contribution < 1.29 is 14.4 Å². The maximum absolute atomic E-state index is 10.6. The quantitative estimate of drug-likeness (QED) is 0.768. The number of carbonyl (C=O) groups is 1. The van der Waals surface area contributed by atoms with Gasteiger partial charge >= 0.3 is 5.97 Å². The van der Waals surface area contributed by atoms with Gasteiger partial charge in [0.1, 0.15) is 5.76 Å². The van der Waals surface area contributed by atoms with E-state index >= 15 is 0 Å². The van der Waals surface area contributed by atoms with Gasteiger partial charge in [-0.15, -0.1) is 0 Å². The topological polar surface area (TPSA) is 89.4 Å². The molecular weight excluding hydrogens is 196 g/mol. The lowest BCUT2D eigenvalue weighted by Crippen LogP contribution is -2.16. The van der Waals surface area contributed by atoms with Gasteiger partial charge in [-0.3, -0.25) is 4.79 Å². The molecule has 3 N–H and O–H groups in total.